The van der Waals surface area contributed by atoms with Gasteiger partial charge in [-0.05, 0) is 35.9 Å². The van der Waals surface area contributed by atoms with Crippen LogP contribution in [-0.4, -0.2) is 29.1 Å². The molecule has 1 atom stereocenters. The number of nitrogens with one attached hydrogen (secondary N) is 1. The number of pyridine rings is 1. The van der Waals surface area contributed by atoms with Gasteiger partial charge in [0.2, 0.25) is 0 Å². The number of nitrogens with zero attached hydrogens (tertiary/aromatic N) is 1. The molecule has 1 heterocycles. The van der Waals surface area contributed by atoms with Gasteiger partial charge in [0.1, 0.15) is 17.1 Å². The summed E-state index contributed by atoms with van der Waals surface area (Å²) in [4.78, 5) is 28.4. The minimum absolute atomic E-state index is 0.0313. The van der Waals surface area contributed by atoms with Crippen LogP contribution in [0.1, 0.15) is 34.1 Å². The topological polar surface area (TPSA) is 88.5 Å². The van der Waals surface area contributed by atoms with Crippen LogP contribution in [0, 0.1) is 0 Å². The lowest BCUT2D eigenvalue weighted by atomic mass is 10.0. The molecule has 3 aromatic rings. The van der Waals surface area contributed by atoms with Crippen LogP contribution in [0.3, 0.4) is 0 Å². The number of methoxy groups -OCH3 is 1. The zero-order valence-corrected chi connectivity index (χ0v) is 17.9. The fourth-order valence-corrected chi connectivity index (χ4v) is 3.46. The van der Waals surface area contributed by atoms with Crippen LogP contribution in [0.4, 0.5) is 13.2 Å². The Bertz CT molecular complexity index is 1180. The molecule has 172 valence electrons. The molecule has 0 spiro atoms. The number of carbonyl (C=O) groups is 2. The van der Waals surface area contributed by atoms with Gasteiger partial charge in [0.25, 0.3) is 5.91 Å². The van der Waals surface area contributed by atoms with Crippen LogP contribution < -0.4 is 10.1 Å². The smallest absolute Gasteiger partial charge is 0.416 e. The molecule has 1 aromatic heterocycles. The van der Waals surface area contributed by atoms with Crippen molar-refractivity contribution in [2.24, 2.45) is 0 Å². The van der Waals surface area contributed by atoms with Crippen molar-refractivity contribution >= 4 is 23.5 Å². The number of ether oxygens (including phenoxy) is 1. The number of carboxylic acid groups (broad SMARTS) is 1. The monoisotopic (exact) mass is 478 g/mol. The first-order valence-corrected chi connectivity index (χ1v) is 9.97. The summed E-state index contributed by atoms with van der Waals surface area (Å²) in [6.45, 7) is 0. The Balaban J connectivity index is 1.97. The van der Waals surface area contributed by atoms with Crippen molar-refractivity contribution in [1.29, 1.82) is 0 Å². The molecule has 0 aliphatic heterocycles. The molecule has 0 aliphatic rings. The van der Waals surface area contributed by atoms with Gasteiger partial charge in [0, 0.05) is 10.6 Å². The number of amides is 1. The van der Waals surface area contributed by atoms with Crippen LogP contribution in [0.15, 0.2) is 60.7 Å². The van der Waals surface area contributed by atoms with Gasteiger partial charge in [-0.3, -0.25) is 9.59 Å². The van der Waals surface area contributed by atoms with Crippen molar-refractivity contribution < 1.29 is 32.6 Å². The molecule has 6 nitrogen and oxygen atoms in total. The molecule has 2 aromatic carbocycles. The molecule has 0 bridgehead atoms. The summed E-state index contributed by atoms with van der Waals surface area (Å²) >= 11 is 6.16. The van der Waals surface area contributed by atoms with Gasteiger partial charge in [-0.25, -0.2) is 4.98 Å². The van der Waals surface area contributed by atoms with Gasteiger partial charge in [0.05, 0.1) is 25.1 Å². The lowest BCUT2D eigenvalue weighted by Gasteiger charge is -2.19. The van der Waals surface area contributed by atoms with Crippen LogP contribution in [0.5, 0.6) is 5.75 Å². The molecule has 0 saturated heterocycles. The Morgan fingerprint density at radius 1 is 1.12 bits per heavy atom. The molecule has 3 rings (SSSR count). The summed E-state index contributed by atoms with van der Waals surface area (Å²) in [6.07, 6.45) is -5.00. The van der Waals surface area contributed by atoms with Crippen LogP contribution in [0.2, 0.25) is 5.02 Å². The number of halogens is 4. The first-order valence-electron chi connectivity index (χ1n) is 9.60. The molecule has 10 heteroatoms. The normalized spacial score (nSPS) is 12.2. The number of carbonyl (C=O) groups excluding carboxylic acids is 1. The van der Waals surface area contributed by atoms with Crippen molar-refractivity contribution in [3.8, 4) is 17.0 Å². The molecular formula is C23H18ClF3N2O4. The van der Waals surface area contributed by atoms with Gasteiger partial charge in [-0.1, -0.05) is 41.9 Å². The molecule has 0 unspecified atom stereocenters. The fourth-order valence-electron chi connectivity index (χ4n) is 3.19. The second-order valence-corrected chi connectivity index (χ2v) is 7.38. The number of alkyl halides is 3. The minimum atomic E-state index is -4.56. The third kappa shape index (κ3) is 5.81. The maximum atomic E-state index is 13.1. The van der Waals surface area contributed by atoms with Crippen molar-refractivity contribution in [2.45, 2.75) is 18.6 Å². The van der Waals surface area contributed by atoms with E-state index in [1.807, 2.05) is 0 Å². The largest absolute Gasteiger partial charge is 0.494 e. The van der Waals surface area contributed by atoms with Gasteiger partial charge in [-0.2, -0.15) is 13.2 Å². The Hall–Kier alpha value is -3.59. The van der Waals surface area contributed by atoms with E-state index < -0.39 is 36.1 Å². The first-order chi connectivity index (χ1) is 15.6. The van der Waals surface area contributed by atoms with E-state index in [-0.39, 0.29) is 27.7 Å². The summed E-state index contributed by atoms with van der Waals surface area (Å²) in [7, 11) is 1.33. The number of hydrogen-bond acceptors (Lipinski definition) is 4. The SMILES string of the molecule is COc1ccc(C(=O)N[C@@H](CC(=O)O)c2ccccc2Cl)nc1-c1cccc(C(F)(F)F)c1. The van der Waals surface area contributed by atoms with Gasteiger partial charge < -0.3 is 15.2 Å². The van der Waals surface area contributed by atoms with E-state index in [9.17, 15) is 27.9 Å². The molecule has 1 amide bonds. The van der Waals surface area contributed by atoms with Gasteiger partial charge in [0.15, 0.2) is 0 Å². The average molecular weight is 479 g/mol. The summed E-state index contributed by atoms with van der Waals surface area (Å²) in [5.41, 5.74) is -0.473. The lowest BCUT2D eigenvalue weighted by molar-refractivity contribution is -0.138. The highest BCUT2D eigenvalue weighted by molar-refractivity contribution is 6.31. The van der Waals surface area contributed by atoms with Gasteiger partial charge >= 0.3 is 12.1 Å². The van der Waals surface area contributed by atoms with E-state index in [1.54, 1.807) is 24.3 Å². The minimum Gasteiger partial charge on any atom is -0.494 e. The number of carboxylic acids is 1. The van der Waals surface area contributed by atoms with Crippen LogP contribution in [-0.2, 0) is 11.0 Å². The first kappa shape index (κ1) is 24.1. The molecule has 0 radical (unpaired) electrons. The number of aliphatic carboxylic acids is 1. The summed E-state index contributed by atoms with van der Waals surface area (Å²) in [6, 6.07) is 12.7. The van der Waals surface area contributed by atoms with Crippen molar-refractivity contribution in [3.63, 3.8) is 0 Å². The van der Waals surface area contributed by atoms with Crippen LogP contribution in [0.25, 0.3) is 11.3 Å². The molecule has 0 saturated carbocycles. The Morgan fingerprint density at radius 3 is 2.48 bits per heavy atom. The summed E-state index contributed by atoms with van der Waals surface area (Å²) in [5, 5.41) is 12.1. The van der Waals surface area contributed by atoms with Gasteiger partial charge in [-0.15, -0.1) is 0 Å². The third-order valence-corrected chi connectivity index (χ3v) is 5.08. The predicted molar refractivity (Wildman–Crippen MR) is 115 cm³/mol. The third-order valence-electron chi connectivity index (χ3n) is 4.74. The number of rotatable bonds is 7. The summed E-state index contributed by atoms with van der Waals surface area (Å²) in [5.74, 6) is -1.72. The van der Waals surface area contributed by atoms with E-state index in [4.69, 9.17) is 16.3 Å². The molecular weight excluding hydrogens is 461 g/mol. The van der Waals surface area contributed by atoms with Crippen molar-refractivity contribution in [3.05, 3.63) is 82.5 Å². The number of hydrogen-bond donors (Lipinski definition) is 2. The predicted octanol–water partition coefficient (Wildman–Crippen LogP) is 5.38. The van der Waals surface area contributed by atoms with E-state index >= 15 is 0 Å². The maximum absolute atomic E-state index is 13.1. The van der Waals surface area contributed by atoms with Crippen molar-refractivity contribution in [2.75, 3.05) is 7.11 Å². The van der Waals surface area contributed by atoms with Crippen molar-refractivity contribution in [1.82, 2.24) is 10.3 Å². The number of aromatic nitrogens is 1. The fraction of sp³-hybridized carbons (Fsp3) is 0.174. The second kappa shape index (κ2) is 9.91. The van der Waals surface area contributed by atoms with Crippen LogP contribution >= 0.6 is 11.6 Å². The molecule has 33 heavy (non-hydrogen) atoms. The quantitative estimate of drug-likeness (QED) is 0.476. The molecule has 2 N–H and O–H groups in total. The lowest BCUT2D eigenvalue weighted by Crippen LogP contribution is -2.31. The standard InChI is InChI=1S/C23H18ClF3N2O4/c1-33-19-10-9-17(28-21(19)13-5-4-6-14(11-13)23(25,26)27)22(32)29-18(12-20(30)31)15-7-2-3-8-16(15)24/h2-11,18H,12H2,1H3,(H,29,32)(H,30,31)/t18-/m0/s1. The van der Waals surface area contributed by atoms with E-state index in [1.165, 1.54) is 31.4 Å². The Kier molecular flexibility index (Phi) is 7.23. The average Bonchev–Trinajstić information content (AvgIpc) is 2.77. The highest BCUT2D eigenvalue weighted by atomic mass is 35.5. The highest BCUT2D eigenvalue weighted by Crippen LogP contribution is 2.34. The zero-order chi connectivity index (χ0) is 24.2. The van der Waals surface area contributed by atoms with E-state index in [0.29, 0.717) is 5.56 Å². The second-order valence-electron chi connectivity index (χ2n) is 6.97. The molecule has 0 fully saturated rings. The number of benzene rings is 2. The Labute approximate surface area is 192 Å². The van der Waals surface area contributed by atoms with E-state index in [0.717, 1.165) is 12.1 Å². The molecule has 0 aliphatic carbocycles. The Morgan fingerprint density at radius 2 is 1.85 bits per heavy atom. The zero-order valence-electron chi connectivity index (χ0n) is 17.2. The van der Waals surface area contributed by atoms with E-state index in [2.05, 4.69) is 10.3 Å². The summed E-state index contributed by atoms with van der Waals surface area (Å²) < 4.78 is 44.6. The maximum Gasteiger partial charge on any atom is 0.416 e. The highest BCUT2D eigenvalue weighted by Gasteiger charge is 2.31.